The van der Waals surface area contributed by atoms with Gasteiger partial charge in [-0.2, -0.15) is 13.9 Å². The van der Waals surface area contributed by atoms with Crippen LogP contribution >= 0.6 is 0 Å². The number of carbonyl (C=O) groups is 1. The lowest BCUT2D eigenvalue weighted by Crippen LogP contribution is -2.44. The molecule has 0 spiro atoms. The SMILES string of the molecule is O=C(N(F)Cc1ccccc1)C(F)(F)C1CCCc2ccc([N+](=O)[O-])cc21. The molecule has 3 rings (SSSR count). The molecule has 1 unspecified atom stereocenters. The second kappa shape index (κ2) is 7.38. The monoisotopic (exact) mass is 378 g/mol. The zero-order valence-corrected chi connectivity index (χ0v) is 14.3. The van der Waals surface area contributed by atoms with E-state index in [1.54, 1.807) is 18.2 Å². The summed E-state index contributed by atoms with van der Waals surface area (Å²) in [6.45, 7) is -0.593. The summed E-state index contributed by atoms with van der Waals surface area (Å²) >= 11 is 0. The average molecular weight is 378 g/mol. The summed E-state index contributed by atoms with van der Waals surface area (Å²) < 4.78 is 43.9. The zero-order valence-electron chi connectivity index (χ0n) is 14.3. The van der Waals surface area contributed by atoms with Crippen LogP contribution in [0.4, 0.5) is 18.9 Å². The third-order valence-corrected chi connectivity index (χ3v) is 4.76. The predicted octanol–water partition coefficient (Wildman–Crippen LogP) is 4.56. The van der Waals surface area contributed by atoms with Gasteiger partial charge in [0.15, 0.2) is 0 Å². The van der Waals surface area contributed by atoms with Crippen LogP contribution in [0.25, 0.3) is 0 Å². The molecule has 0 aromatic heterocycles. The third-order valence-electron chi connectivity index (χ3n) is 4.76. The first-order valence-corrected chi connectivity index (χ1v) is 8.47. The molecule has 8 heteroatoms. The number of halogens is 3. The fraction of sp³-hybridized carbons (Fsp3) is 0.316. The maximum absolute atomic E-state index is 14.9. The minimum Gasteiger partial charge on any atom is -0.265 e. The van der Waals surface area contributed by atoms with Crippen LogP contribution in [-0.4, -0.2) is 21.9 Å². The van der Waals surface area contributed by atoms with Crippen molar-refractivity contribution in [3.63, 3.8) is 0 Å². The van der Waals surface area contributed by atoms with Crippen LogP contribution in [0.2, 0.25) is 0 Å². The molecule has 1 amide bonds. The van der Waals surface area contributed by atoms with E-state index >= 15 is 0 Å². The lowest BCUT2D eigenvalue weighted by molar-refractivity contribution is -0.385. The van der Waals surface area contributed by atoms with Gasteiger partial charge in [-0.1, -0.05) is 40.9 Å². The van der Waals surface area contributed by atoms with E-state index in [2.05, 4.69) is 0 Å². The number of nitrogens with zero attached hydrogens (tertiary/aromatic N) is 2. The lowest BCUT2D eigenvalue weighted by atomic mass is 9.78. The molecule has 0 bridgehead atoms. The zero-order chi connectivity index (χ0) is 19.6. The number of hydrogen-bond donors (Lipinski definition) is 0. The van der Waals surface area contributed by atoms with Gasteiger partial charge < -0.3 is 0 Å². The highest BCUT2D eigenvalue weighted by atomic mass is 19.3. The summed E-state index contributed by atoms with van der Waals surface area (Å²) in [7, 11) is 0. The second-order valence-electron chi connectivity index (χ2n) is 6.52. The molecule has 1 atom stereocenters. The Morgan fingerprint density at radius 2 is 1.93 bits per heavy atom. The van der Waals surface area contributed by atoms with Crippen LogP contribution in [0.5, 0.6) is 0 Å². The first kappa shape index (κ1) is 18.9. The van der Waals surface area contributed by atoms with E-state index in [-0.39, 0.29) is 17.7 Å². The van der Waals surface area contributed by atoms with Gasteiger partial charge in [-0.05, 0) is 36.0 Å². The van der Waals surface area contributed by atoms with Crippen molar-refractivity contribution < 1.29 is 23.0 Å². The number of nitro benzene ring substituents is 1. The Hall–Kier alpha value is -2.90. The molecular weight excluding hydrogens is 361 g/mol. The molecule has 0 N–H and O–H groups in total. The van der Waals surface area contributed by atoms with Gasteiger partial charge in [-0.3, -0.25) is 14.9 Å². The van der Waals surface area contributed by atoms with Crippen LogP contribution in [0.1, 0.15) is 35.4 Å². The van der Waals surface area contributed by atoms with Gasteiger partial charge in [0.2, 0.25) is 0 Å². The van der Waals surface area contributed by atoms with Crippen LogP contribution in [0.15, 0.2) is 48.5 Å². The van der Waals surface area contributed by atoms with E-state index in [1.807, 2.05) is 0 Å². The van der Waals surface area contributed by atoms with E-state index in [9.17, 15) is 28.2 Å². The van der Waals surface area contributed by atoms with E-state index in [0.29, 0.717) is 24.0 Å². The summed E-state index contributed by atoms with van der Waals surface area (Å²) in [5.41, 5.74) is 0.619. The Labute approximate surface area is 153 Å². The Balaban J connectivity index is 1.87. The van der Waals surface area contributed by atoms with Crippen molar-refractivity contribution in [2.45, 2.75) is 37.6 Å². The smallest absolute Gasteiger partial charge is 0.265 e. The number of nitro groups is 1. The highest BCUT2D eigenvalue weighted by molar-refractivity contribution is 5.84. The minimum absolute atomic E-state index is 0.0434. The van der Waals surface area contributed by atoms with Crippen molar-refractivity contribution in [1.82, 2.24) is 5.12 Å². The van der Waals surface area contributed by atoms with Crippen molar-refractivity contribution in [3.8, 4) is 0 Å². The van der Waals surface area contributed by atoms with Crippen molar-refractivity contribution in [2.24, 2.45) is 0 Å². The number of fused-ring (bicyclic) bond motifs is 1. The van der Waals surface area contributed by atoms with Crippen LogP contribution in [-0.2, 0) is 17.8 Å². The van der Waals surface area contributed by atoms with Gasteiger partial charge in [-0.25, -0.2) is 0 Å². The van der Waals surface area contributed by atoms with Crippen molar-refractivity contribution >= 4 is 11.6 Å². The van der Waals surface area contributed by atoms with Gasteiger partial charge in [0, 0.05) is 12.1 Å². The maximum Gasteiger partial charge on any atom is 0.333 e. The Morgan fingerprint density at radius 1 is 1.22 bits per heavy atom. The molecule has 0 aliphatic heterocycles. The fourth-order valence-electron chi connectivity index (χ4n) is 3.40. The molecular formula is C19H17F3N2O3. The van der Waals surface area contributed by atoms with Crippen LogP contribution < -0.4 is 0 Å². The summed E-state index contributed by atoms with van der Waals surface area (Å²) in [5, 5.41) is 10.5. The molecule has 0 radical (unpaired) electrons. The van der Waals surface area contributed by atoms with Crippen LogP contribution in [0, 0.1) is 10.1 Å². The summed E-state index contributed by atoms with van der Waals surface area (Å²) in [6.07, 6.45) is 0.826. The number of hydrogen-bond acceptors (Lipinski definition) is 3. The Bertz CT molecular complexity index is 859. The topological polar surface area (TPSA) is 63.5 Å². The van der Waals surface area contributed by atoms with E-state index in [0.717, 1.165) is 6.07 Å². The van der Waals surface area contributed by atoms with Gasteiger partial charge in [0.1, 0.15) is 0 Å². The number of carbonyl (C=O) groups excluding carboxylic acids is 1. The molecule has 142 valence electrons. The normalized spacial score (nSPS) is 16.5. The van der Waals surface area contributed by atoms with Crippen molar-refractivity contribution in [3.05, 3.63) is 75.3 Å². The Kier molecular flexibility index (Phi) is 5.16. The average Bonchev–Trinajstić information content (AvgIpc) is 2.67. The second-order valence-corrected chi connectivity index (χ2v) is 6.52. The molecule has 0 heterocycles. The molecule has 0 fully saturated rings. The third kappa shape index (κ3) is 3.79. The molecule has 0 saturated heterocycles. The summed E-state index contributed by atoms with van der Waals surface area (Å²) in [6, 6.07) is 11.7. The van der Waals surface area contributed by atoms with Gasteiger partial charge in [0.25, 0.3) is 5.69 Å². The number of non-ortho nitro benzene ring substituents is 1. The van der Waals surface area contributed by atoms with Gasteiger partial charge >= 0.3 is 11.8 Å². The lowest BCUT2D eigenvalue weighted by Gasteiger charge is -2.32. The summed E-state index contributed by atoms with van der Waals surface area (Å²) in [4.78, 5) is 22.5. The predicted molar refractivity (Wildman–Crippen MR) is 91.8 cm³/mol. The minimum atomic E-state index is -4.01. The molecule has 1 aliphatic carbocycles. The van der Waals surface area contributed by atoms with Crippen molar-refractivity contribution in [2.75, 3.05) is 0 Å². The number of rotatable bonds is 5. The number of benzene rings is 2. The van der Waals surface area contributed by atoms with Gasteiger partial charge in [0.05, 0.1) is 17.4 Å². The molecule has 27 heavy (non-hydrogen) atoms. The van der Waals surface area contributed by atoms with E-state index in [1.165, 1.54) is 24.3 Å². The quantitative estimate of drug-likeness (QED) is 0.435. The molecule has 1 aliphatic rings. The Morgan fingerprint density at radius 3 is 2.59 bits per heavy atom. The summed E-state index contributed by atoms with van der Waals surface area (Å²) in [5.74, 6) is -7.54. The first-order chi connectivity index (χ1) is 12.8. The molecule has 5 nitrogen and oxygen atoms in total. The standard InChI is InChI=1S/C19H17F3N2O3/c20-19(21,18(25)23(22)12-13-5-2-1-3-6-13)17-8-4-7-14-9-10-15(24(26)27)11-16(14)17/h1-3,5-6,9-11,17H,4,7-8,12H2. The highest BCUT2D eigenvalue weighted by Gasteiger charge is 2.51. The van der Waals surface area contributed by atoms with E-state index < -0.39 is 34.3 Å². The van der Waals surface area contributed by atoms with E-state index in [4.69, 9.17) is 0 Å². The number of amides is 1. The first-order valence-electron chi connectivity index (χ1n) is 8.47. The highest BCUT2D eigenvalue weighted by Crippen LogP contribution is 2.44. The number of alkyl halides is 2. The maximum atomic E-state index is 14.9. The molecule has 2 aromatic carbocycles. The largest absolute Gasteiger partial charge is 0.333 e. The fourth-order valence-corrected chi connectivity index (χ4v) is 3.40. The molecule has 2 aromatic rings. The van der Waals surface area contributed by atoms with Crippen molar-refractivity contribution in [1.29, 1.82) is 0 Å². The van der Waals surface area contributed by atoms with Gasteiger partial charge in [-0.15, -0.1) is 0 Å². The molecule has 0 saturated carbocycles. The number of aryl methyl sites for hydroxylation is 1. The van der Waals surface area contributed by atoms with Crippen LogP contribution in [0.3, 0.4) is 0 Å².